The number of benzene rings is 1. The number of hydrogen-bond acceptors (Lipinski definition) is 4. The van der Waals surface area contributed by atoms with Gasteiger partial charge in [0.25, 0.3) is 0 Å². The number of rotatable bonds is 6. The van der Waals surface area contributed by atoms with E-state index in [-0.39, 0.29) is 23.7 Å². The first-order valence-corrected chi connectivity index (χ1v) is 9.46. The van der Waals surface area contributed by atoms with Crippen LogP contribution >= 0.6 is 24.0 Å². The van der Waals surface area contributed by atoms with Gasteiger partial charge in [-0.1, -0.05) is 24.4 Å². The van der Waals surface area contributed by atoms with Crippen molar-refractivity contribution in [3.8, 4) is 11.5 Å². The zero-order valence-corrected chi connectivity index (χ0v) is 17.0. The smallest absolute Gasteiger partial charge is 0.228 e. The van der Waals surface area contributed by atoms with E-state index in [0.717, 1.165) is 37.9 Å². The SMILES string of the molecule is CCOc1c(Cl)cc(CNC(=O)[C@@]23CCCC[C@H]2CNC3)cc1OC.Cl. The quantitative estimate of drug-likeness (QED) is 0.763. The van der Waals surface area contributed by atoms with E-state index in [0.29, 0.717) is 35.6 Å². The van der Waals surface area contributed by atoms with Gasteiger partial charge in [0.15, 0.2) is 11.5 Å². The second-order valence-corrected chi connectivity index (χ2v) is 7.36. The summed E-state index contributed by atoms with van der Waals surface area (Å²) in [6.07, 6.45) is 4.48. The molecular weight excluding hydrogens is 375 g/mol. The lowest BCUT2D eigenvalue weighted by atomic mass is 9.67. The molecule has 7 heteroatoms. The average molecular weight is 403 g/mol. The molecule has 146 valence electrons. The van der Waals surface area contributed by atoms with Gasteiger partial charge in [-0.3, -0.25) is 4.79 Å². The van der Waals surface area contributed by atoms with Gasteiger partial charge < -0.3 is 20.1 Å². The molecule has 0 spiro atoms. The normalized spacial score (nSPS) is 24.3. The van der Waals surface area contributed by atoms with Crippen LogP contribution in [0.5, 0.6) is 11.5 Å². The number of carbonyl (C=O) groups excluding carboxylic acids is 1. The molecule has 1 aliphatic heterocycles. The predicted octanol–water partition coefficient (Wildman–Crippen LogP) is 3.57. The minimum Gasteiger partial charge on any atom is -0.493 e. The van der Waals surface area contributed by atoms with Crippen molar-refractivity contribution in [3.05, 3.63) is 22.7 Å². The van der Waals surface area contributed by atoms with Crippen LogP contribution in [0.15, 0.2) is 12.1 Å². The van der Waals surface area contributed by atoms with Crippen LogP contribution in [0, 0.1) is 11.3 Å². The molecule has 2 aliphatic rings. The van der Waals surface area contributed by atoms with Crippen LogP contribution < -0.4 is 20.1 Å². The summed E-state index contributed by atoms with van der Waals surface area (Å²) in [6, 6.07) is 3.71. The van der Waals surface area contributed by atoms with Crippen molar-refractivity contribution in [2.45, 2.75) is 39.2 Å². The Balaban J connectivity index is 0.00000243. The van der Waals surface area contributed by atoms with Crippen molar-refractivity contribution in [1.82, 2.24) is 10.6 Å². The monoisotopic (exact) mass is 402 g/mol. The summed E-state index contributed by atoms with van der Waals surface area (Å²) in [5.41, 5.74) is 0.672. The number of ether oxygens (including phenoxy) is 2. The summed E-state index contributed by atoms with van der Waals surface area (Å²) >= 11 is 6.32. The zero-order chi connectivity index (χ0) is 17.9. The van der Waals surface area contributed by atoms with Gasteiger partial charge in [-0.2, -0.15) is 0 Å². The Kier molecular flexibility index (Phi) is 7.44. The highest BCUT2D eigenvalue weighted by Gasteiger charge is 2.49. The van der Waals surface area contributed by atoms with E-state index in [1.165, 1.54) is 6.42 Å². The van der Waals surface area contributed by atoms with E-state index in [1.54, 1.807) is 7.11 Å². The van der Waals surface area contributed by atoms with E-state index in [4.69, 9.17) is 21.1 Å². The Morgan fingerprint density at radius 3 is 2.96 bits per heavy atom. The van der Waals surface area contributed by atoms with Gasteiger partial charge in [0.05, 0.1) is 24.2 Å². The maximum Gasteiger partial charge on any atom is 0.228 e. The van der Waals surface area contributed by atoms with Crippen LogP contribution in [0.4, 0.5) is 0 Å². The fourth-order valence-corrected chi connectivity index (χ4v) is 4.50. The van der Waals surface area contributed by atoms with Crippen LogP contribution in [0.3, 0.4) is 0 Å². The third kappa shape index (κ3) is 4.05. The van der Waals surface area contributed by atoms with E-state index in [2.05, 4.69) is 10.6 Å². The second kappa shape index (κ2) is 9.16. The number of nitrogens with one attached hydrogen (secondary N) is 2. The summed E-state index contributed by atoms with van der Waals surface area (Å²) < 4.78 is 10.9. The summed E-state index contributed by atoms with van der Waals surface area (Å²) in [6.45, 7) is 4.60. The predicted molar refractivity (Wildman–Crippen MR) is 106 cm³/mol. The van der Waals surface area contributed by atoms with Gasteiger partial charge in [0.1, 0.15) is 0 Å². The Bertz CT molecular complexity index is 641. The average Bonchev–Trinajstić information content (AvgIpc) is 3.06. The molecule has 2 N–H and O–H groups in total. The summed E-state index contributed by atoms with van der Waals surface area (Å²) in [4.78, 5) is 12.9. The standard InChI is InChI=1S/C19H27ClN2O3.ClH/c1-3-25-17-15(20)8-13(9-16(17)24-2)10-22-18(23)19-7-5-4-6-14(19)11-21-12-19;/h8-9,14,21H,3-7,10-12H2,1-2H3,(H,22,23);1H/t14-,19+;/m0./s1. The Labute approximate surface area is 166 Å². The molecule has 1 aromatic rings. The van der Waals surface area contributed by atoms with Crippen molar-refractivity contribution in [1.29, 1.82) is 0 Å². The summed E-state index contributed by atoms with van der Waals surface area (Å²) in [5, 5.41) is 7.04. The molecule has 0 aromatic heterocycles. The van der Waals surface area contributed by atoms with Crippen molar-refractivity contribution < 1.29 is 14.3 Å². The van der Waals surface area contributed by atoms with Crippen molar-refractivity contribution in [3.63, 3.8) is 0 Å². The van der Waals surface area contributed by atoms with E-state index >= 15 is 0 Å². The largest absolute Gasteiger partial charge is 0.493 e. The van der Waals surface area contributed by atoms with Crippen LogP contribution in [-0.2, 0) is 11.3 Å². The molecule has 1 saturated heterocycles. The second-order valence-electron chi connectivity index (χ2n) is 6.95. The lowest BCUT2D eigenvalue weighted by molar-refractivity contribution is -0.134. The molecule has 2 atom stereocenters. The van der Waals surface area contributed by atoms with Gasteiger partial charge >= 0.3 is 0 Å². The minimum absolute atomic E-state index is 0. The lowest BCUT2D eigenvalue weighted by Gasteiger charge is -2.37. The number of halogens is 2. The molecule has 0 unspecified atom stereocenters. The number of methoxy groups -OCH3 is 1. The first-order valence-electron chi connectivity index (χ1n) is 9.09. The first-order chi connectivity index (χ1) is 12.1. The highest BCUT2D eigenvalue weighted by molar-refractivity contribution is 6.32. The molecule has 0 radical (unpaired) electrons. The summed E-state index contributed by atoms with van der Waals surface area (Å²) in [5.74, 6) is 1.76. The molecule has 1 saturated carbocycles. The minimum atomic E-state index is -0.239. The third-order valence-corrected chi connectivity index (χ3v) is 5.80. The van der Waals surface area contributed by atoms with Gasteiger partial charge in [-0.05, 0) is 49.9 Å². The third-order valence-electron chi connectivity index (χ3n) is 5.52. The molecule has 5 nitrogen and oxygen atoms in total. The van der Waals surface area contributed by atoms with Crippen LogP contribution in [0.2, 0.25) is 5.02 Å². The number of carbonyl (C=O) groups is 1. The molecule has 1 heterocycles. The highest BCUT2D eigenvalue weighted by Crippen LogP contribution is 2.44. The first kappa shape index (κ1) is 21.1. The fraction of sp³-hybridized carbons (Fsp3) is 0.632. The summed E-state index contributed by atoms with van der Waals surface area (Å²) in [7, 11) is 1.59. The number of amides is 1. The Morgan fingerprint density at radius 2 is 2.23 bits per heavy atom. The van der Waals surface area contributed by atoms with Gasteiger partial charge in [-0.25, -0.2) is 0 Å². The molecule has 1 amide bonds. The maximum atomic E-state index is 12.9. The van der Waals surface area contributed by atoms with Gasteiger partial charge in [-0.15, -0.1) is 12.4 Å². The van der Waals surface area contributed by atoms with Crippen molar-refractivity contribution in [2.75, 3.05) is 26.8 Å². The zero-order valence-electron chi connectivity index (χ0n) is 15.4. The molecule has 0 bridgehead atoms. The highest BCUT2D eigenvalue weighted by atomic mass is 35.5. The van der Waals surface area contributed by atoms with Crippen molar-refractivity contribution >= 4 is 29.9 Å². The van der Waals surface area contributed by atoms with Crippen LogP contribution in [0.1, 0.15) is 38.2 Å². The Morgan fingerprint density at radius 1 is 1.42 bits per heavy atom. The lowest BCUT2D eigenvalue weighted by Crippen LogP contribution is -2.47. The van der Waals surface area contributed by atoms with Gasteiger partial charge in [0.2, 0.25) is 5.91 Å². The van der Waals surface area contributed by atoms with E-state index in [9.17, 15) is 4.79 Å². The van der Waals surface area contributed by atoms with Gasteiger partial charge in [0, 0.05) is 13.1 Å². The number of hydrogen-bond donors (Lipinski definition) is 2. The molecule has 1 aliphatic carbocycles. The molecule has 26 heavy (non-hydrogen) atoms. The van der Waals surface area contributed by atoms with Crippen LogP contribution in [-0.4, -0.2) is 32.7 Å². The molecule has 3 rings (SSSR count). The van der Waals surface area contributed by atoms with E-state index in [1.807, 2.05) is 19.1 Å². The molecular formula is C19H28Cl2N2O3. The maximum absolute atomic E-state index is 12.9. The molecule has 2 fully saturated rings. The number of fused-ring (bicyclic) bond motifs is 1. The van der Waals surface area contributed by atoms with E-state index < -0.39 is 0 Å². The fourth-order valence-electron chi connectivity index (χ4n) is 4.21. The van der Waals surface area contributed by atoms with Crippen molar-refractivity contribution in [2.24, 2.45) is 11.3 Å². The Hall–Kier alpha value is -1.17. The topological polar surface area (TPSA) is 59.6 Å². The van der Waals surface area contributed by atoms with Crippen LogP contribution in [0.25, 0.3) is 0 Å². The molecule has 1 aromatic carbocycles.